The van der Waals surface area contributed by atoms with Crippen LogP contribution < -0.4 is 0 Å². The highest BCUT2D eigenvalue weighted by molar-refractivity contribution is 6.11. The van der Waals surface area contributed by atoms with E-state index in [1.807, 2.05) is 624 Å². The van der Waals surface area contributed by atoms with Crippen molar-refractivity contribution < 1.29 is 61.9 Å². The number of hydrogen-bond donors (Lipinski definition) is 0. The molecule has 0 fully saturated rings. The van der Waals surface area contributed by atoms with Crippen molar-refractivity contribution in [2.75, 3.05) is 114 Å². The molecule has 0 aromatic heterocycles. The quantitative estimate of drug-likeness (QED) is 0.0941. The van der Waals surface area contributed by atoms with Crippen LogP contribution in [0, 0.1) is 0 Å². The van der Waals surface area contributed by atoms with E-state index in [1.54, 1.807) is 114 Å². The first-order valence-electron chi connectivity index (χ1n) is 49.5. The maximum atomic E-state index is 11.8. The van der Waals surface area contributed by atoms with Gasteiger partial charge in [0, 0.05) is 169 Å². The number of benzene rings is 15. The van der Waals surface area contributed by atoms with Crippen molar-refractivity contribution in [2.45, 2.75) is 138 Å². The number of carbonyl (C=O) groups is 5. The van der Waals surface area contributed by atoms with Crippen LogP contribution in [0.2, 0.25) is 0 Å². The predicted octanol–water partition coefficient (Wildman–Crippen LogP) is 35.9. The van der Waals surface area contributed by atoms with Crippen molar-refractivity contribution in [3.8, 4) is 0 Å². The summed E-state index contributed by atoms with van der Waals surface area (Å²) < 4.78 is 34.0. The molecule has 0 spiro atoms. The highest BCUT2D eigenvalue weighted by Gasteiger charge is 2.10. The molecule has 800 valence electrons. The van der Waals surface area contributed by atoms with Crippen LogP contribution in [0.25, 0.3) is 0 Å². The first-order chi connectivity index (χ1) is 71.4. The Morgan fingerprint density at radius 2 is 0.158 bits per heavy atom. The number of carbonyl (C=O) groups excluding carboxylic acids is 5. The predicted molar refractivity (Wildman–Crippen MR) is 640 cm³/mol. The van der Waals surface area contributed by atoms with Gasteiger partial charge in [0.25, 0.3) is 0 Å². The Morgan fingerprint density at radius 3 is 0.199 bits per heavy atom. The largest absolute Gasteiger partial charge is 0.388 e. The molecule has 0 atom stereocenters. The van der Waals surface area contributed by atoms with Crippen LogP contribution in [0.3, 0.4) is 0 Å². The summed E-state index contributed by atoms with van der Waals surface area (Å²) in [6.45, 7) is 43.5. The second-order valence-electron chi connectivity index (χ2n) is 25.6. The van der Waals surface area contributed by atoms with Crippen LogP contribution in [0.1, 0.15) is 218 Å². The van der Waals surface area contributed by atoms with Gasteiger partial charge in [-0.25, -0.2) is 0 Å². The number of hydrogen-bond acceptors (Lipinski definition) is 13. The van der Waals surface area contributed by atoms with Gasteiger partial charge in [-0.05, 0) is 13.8 Å². The fraction of sp³-hybridized carbons (Fsp3) is 0.271. The first kappa shape index (κ1) is 160. The Labute approximate surface area is 890 Å². The summed E-state index contributed by atoms with van der Waals surface area (Å²) in [6.07, 6.45) is 0. The maximum absolute atomic E-state index is 11.8. The molecular weight excluding hydrogens is 1810 g/mol. The lowest BCUT2D eigenvalue weighted by Gasteiger charge is -1.99. The summed E-state index contributed by atoms with van der Waals surface area (Å²) in [5.41, 5.74) is 8.52. The van der Waals surface area contributed by atoms with E-state index >= 15 is 0 Å². The average Bonchev–Trinajstić information content (AvgIpc) is 0.891. The monoisotopic (exact) mass is 2000 g/mol. The molecule has 13 nitrogen and oxygen atoms in total. The number of methoxy groups -OCH3 is 8. The molecule has 0 heterocycles. The molecule has 0 aliphatic rings. The van der Waals surface area contributed by atoms with Gasteiger partial charge >= 0.3 is 0 Å². The zero-order chi connectivity index (χ0) is 113. The zero-order valence-electron chi connectivity index (χ0n) is 96.2. The summed E-state index contributed by atoms with van der Waals surface area (Å²) >= 11 is 0. The first-order valence-corrected chi connectivity index (χ1v) is 49.5. The summed E-state index contributed by atoms with van der Waals surface area (Å²) in [6, 6.07) is 153. The Hall–Kier alpha value is -13.9. The normalized spacial score (nSPS) is 7.84. The van der Waals surface area contributed by atoms with Gasteiger partial charge in [0.1, 0.15) is 0 Å². The molecule has 0 bridgehead atoms. The van der Waals surface area contributed by atoms with Gasteiger partial charge in [-0.2, -0.15) is 0 Å². The van der Waals surface area contributed by atoms with Crippen molar-refractivity contribution in [2.24, 2.45) is 0 Å². The minimum Gasteiger partial charge on any atom is -0.388 e. The fourth-order valence-electron chi connectivity index (χ4n) is 8.65. The summed E-state index contributed by atoms with van der Waals surface area (Å²) in [5, 5.41) is 0. The topological polar surface area (TPSA) is 159 Å². The molecule has 0 aliphatic heterocycles. The van der Waals surface area contributed by atoms with E-state index < -0.39 is 0 Å². The molecule has 146 heavy (non-hydrogen) atoms. The molecule has 0 saturated heterocycles. The van der Waals surface area contributed by atoms with Crippen molar-refractivity contribution in [1.29, 1.82) is 0 Å². The van der Waals surface area contributed by atoms with Crippen LogP contribution in [0.4, 0.5) is 0 Å². The van der Waals surface area contributed by atoms with E-state index in [1.165, 1.54) is 5.57 Å². The van der Waals surface area contributed by atoms with Gasteiger partial charge in [-0.1, -0.05) is 616 Å². The molecule has 0 amide bonds. The summed E-state index contributed by atoms with van der Waals surface area (Å²) in [5.74, 6) is 0.376. The molecule has 0 radical (unpaired) electrons. The molecular formula is C133H190O13. The van der Waals surface area contributed by atoms with E-state index in [2.05, 4.69) is 44.5 Å². The van der Waals surface area contributed by atoms with Gasteiger partial charge < -0.3 is 37.9 Å². The maximum Gasteiger partial charge on any atom is 0.193 e. The van der Waals surface area contributed by atoms with Crippen LogP contribution in [-0.4, -0.2) is 143 Å². The molecule has 0 aliphatic carbocycles. The summed E-state index contributed by atoms with van der Waals surface area (Å²) in [4.78, 5) is 59.2. The number of ketones is 5. The molecule has 0 N–H and O–H groups in total. The molecule has 15 aromatic carbocycles. The minimum atomic E-state index is 0.0752. The third-order valence-corrected chi connectivity index (χ3v) is 13.7. The average molecular weight is 2000 g/mol. The second-order valence-corrected chi connectivity index (χ2v) is 25.6. The number of ether oxygens (including phenoxy) is 8. The molecule has 15 aromatic rings. The van der Waals surface area contributed by atoms with Gasteiger partial charge in [0.15, 0.2) is 28.9 Å². The standard InChI is InChI=1S/5C13H10O.5C6H6.C4H8.8C2H6O.9C2H6/c5*14-13(11-7-3-1-4-8-11)12-9-5-2-6-10-12;5*1-2-4-6-5-3-1;1-4(2)3;8*1-3-2;9*1-2/h5*1-10H;5*1-6H;1H2,2-3H3;8*1-2H3;9*1-2H3. The Kier molecular flexibility index (Phi) is 163. The Bertz CT molecular complexity index is 3700. The van der Waals surface area contributed by atoms with E-state index in [4.69, 9.17) is 0 Å². The Morgan fingerprint density at radius 1 is 0.123 bits per heavy atom. The molecule has 13 heteroatoms. The van der Waals surface area contributed by atoms with Crippen LogP contribution >= 0.6 is 0 Å². The smallest absolute Gasteiger partial charge is 0.193 e. The van der Waals surface area contributed by atoms with Gasteiger partial charge in [-0.3, -0.25) is 24.0 Å². The van der Waals surface area contributed by atoms with E-state index in [-0.39, 0.29) is 28.9 Å². The summed E-state index contributed by atoms with van der Waals surface area (Å²) in [7, 11) is 26.0. The zero-order valence-corrected chi connectivity index (χ0v) is 96.2. The Balaban J connectivity index is -0.000000118. The minimum absolute atomic E-state index is 0.0752. The molecule has 15 rings (SSSR count). The fourth-order valence-corrected chi connectivity index (χ4v) is 8.65. The van der Waals surface area contributed by atoms with Gasteiger partial charge in [0.2, 0.25) is 0 Å². The van der Waals surface area contributed by atoms with Crippen LogP contribution in [-0.2, 0) is 37.9 Å². The third-order valence-electron chi connectivity index (χ3n) is 13.7. The van der Waals surface area contributed by atoms with Crippen LogP contribution in [0.15, 0.2) is 497 Å². The molecule has 0 unspecified atom stereocenters. The van der Waals surface area contributed by atoms with Crippen molar-refractivity contribution in [3.05, 3.63) is 553 Å². The van der Waals surface area contributed by atoms with Crippen molar-refractivity contribution >= 4 is 28.9 Å². The number of allylic oxidation sites excluding steroid dienone is 1. The van der Waals surface area contributed by atoms with E-state index in [0.717, 1.165) is 55.6 Å². The highest BCUT2D eigenvalue weighted by atomic mass is 16.5. The lowest BCUT2D eigenvalue weighted by Crippen LogP contribution is -1.99. The lowest BCUT2D eigenvalue weighted by atomic mass is 10.0. The lowest BCUT2D eigenvalue weighted by molar-refractivity contribution is 0.103. The second kappa shape index (κ2) is 149. The highest BCUT2D eigenvalue weighted by Crippen LogP contribution is 2.14. The van der Waals surface area contributed by atoms with Gasteiger partial charge in [-0.15, -0.1) is 6.58 Å². The van der Waals surface area contributed by atoms with E-state index in [9.17, 15) is 24.0 Å². The van der Waals surface area contributed by atoms with Crippen molar-refractivity contribution in [3.63, 3.8) is 0 Å². The van der Waals surface area contributed by atoms with Crippen LogP contribution in [0.5, 0.6) is 0 Å². The SMILES string of the molecule is C=C(C)C.CC.CC.CC.CC.CC.CC.CC.CC.CC.COC.COC.COC.COC.COC.COC.COC.COC.O=C(c1ccccc1)c1ccccc1.O=C(c1ccccc1)c1ccccc1.O=C(c1ccccc1)c1ccccc1.O=C(c1ccccc1)c1ccccc1.O=C(c1ccccc1)c1ccccc1.c1ccccc1.c1ccccc1.c1ccccc1.c1ccccc1.c1ccccc1. The third kappa shape index (κ3) is 117. The van der Waals surface area contributed by atoms with Gasteiger partial charge in [0.05, 0.1) is 0 Å². The van der Waals surface area contributed by atoms with Crippen molar-refractivity contribution in [1.82, 2.24) is 0 Å². The molecule has 0 saturated carbocycles. The van der Waals surface area contributed by atoms with E-state index in [0.29, 0.717) is 0 Å². The number of rotatable bonds is 10.